The maximum atomic E-state index is 12.1. The van der Waals surface area contributed by atoms with E-state index in [-0.39, 0.29) is 5.69 Å². The number of nitrogens with one attached hydrogen (secondary N) is 1. The minimum absolute atomic E-state index is 0.0503. The summed E-state index contributed by atoms with van der Waals surface area (Å²) in [5.41, 5.74) is 5.45. The normalized spacial score (nSPS) is 11.7. The molecule has 1 atom stereocenters. The third-order valence-electron chi connectivity index (χ3n) is 4.52. The first-order valence-electron chi connectivity index (χ1n) is 9.93. The molecule has 0 aromatic heterocycles. The van der Waals surface area contributed by atoms with Gasteiger partial charge in [0.05, 0.1) is 11.1 Å². The number of hydrogen-bond donors (Lipinski definition) is 1. The minimum Gasteiger partial charge on any atom is -0.489 e. The number of nitro groups is 1. The van der Waals surface area contributed by atoms with Gasteiger partial charge >= 0.3 is 0 Å². The summed E-state index contributed by atoms with van der Waals surface area (Å²) < 4.78 is 11.2. The van der Waals surface area contributed by atoms with Crippen LogP contribution in [0.4, 0.5) is 5.69 Å². The smallest absolute Gasteiger partial charge is 0.280 e. The summed E-state index contributed by atoms with van der Waals surface area (Å²) in [4.78, 5) is 22.3. The number of carbonyl (C=O) groups is 1. The minimum atomic E-state index is -0.828. The molecule has 0 aliphatic heterocycles. The lowest BCUT2D eigenvalue weighted by molar-refractivity contribution is -0.384. The van der Waals surface area contributed by atoms with Gasteiger partial charge in [-0.25, -0.2) is 5.43 Å². The van der Waals surface area contributed by atoms with Crippen LogP contribution >= 0.6 is 0 Å². The van der Waals surface area contributed by atoms with Gasteiger partial charge in [-0.3, -0.25) is 14.9 Å². The highest BCUT2D eigenvalue weighted by molar-refractivity contribution is 5.84. The molecule has 0 saturated carbocycles. The maximum Gasteiger partial charge on any atom is 0.280 e. The third kappa shape index (κ3) is 6.66. The van der Waals surface area contributed by atoms with Crippen LogP contribution in [0.1, 0.15) is 23.6 Å². The molecule has 32 heavy (non-hydrogen) atoms. The van der Waals surface area contributed by atoms with Crippen molar-refractivity contribution in [3.8, 4) is 11.5 Å². The molecule has 3 aromatic carbocycles. The molecule has 8 heteroatoms. The van der Waals surface area contributed by atoms with Crippen molar-refractivity contribution in [1.29, 1.82) is 0 Å². The first kappa shape index (κ1) is 22.5. The molecule has 1 N–H and O–H groups in total. The Morgan fingerprint density at radius 1 is 1.03 bits per heavy atom. The number of carbonyl (C=O) groups excluding carboxylic acids is 1. The van der Waals surface area contributed by atoms with Gasteiger partial charge in [0.2, 0.25) is 0 Å². The summed E-state index contributed by atoms with van der Waals surface area (Å²) in [6.45, 7) is 4.09. The Labute approximate surface area is 185 Å². The van der Waals surface area contributed by atoms with E-state index in [1.165, 1.54) is 36.0 Å². The van der Waals surface area contributed by atoms with Crippen molar-refractivity contribution in [2.24, 2.45) is 5.10 Å². The Balaban J connectivity index is 1.45. The molecule has 0 spiro atoms. The summed E-state index contributed by atoms with van der Waals surface area (Å²) in [6.07, 6.45) is 0.687. The Morgan fingerprint density at radius 2 is 1.66 bits per heavy atom. The molecule has 0 bridgehead atoms. The Hall–Kier alpha value is -4.20. The van der Waals surface area contributed by atoms with Crippen LogP contribution in [0.3, 0.4) is 0 Å². The standard InChI is InChI=1S/C24H23N3O5/c1-17-3-5-20(6-4-17)16-31-22-11-7-19(8-12-22)15-25-26-24(28)18(2)32-23-13-9-21(10-14-23)27(29)30/h3-15,18H,16H2,1-2H3,(H,26,28)/b25-15+. The summed E-state index contributed by atoms with van der Waals surface area (Å²) in [7, 11) is 0. The van der Waals surface area contributed by atoms with Crippen molar-refractivity contribution in [1.82, 2.24) is 5.43 Å². The summed E-state index contributed by atoms with van der Waals surface area (Å²) in [6, 6.07) is 21.0. The zero-order chi connectivity index (χ0) is 22.9. The fourth-order valence-electron chi connectivity index (χ4n) is 2.67. The van der Waals surface area contributed by atoms with E-state index in [1.807, 2.05) is 55.5 Å². The lowest BCUT2D eigenvalue weighted by Gasteiger charge is -2.12. The van der Waals surface area contributed by atoms with Crippen LogP contribution in [-0.4, -0.2) is 23.1 Å². The number of amides is 1. The molecule has 1 amide bonds. The van der Waals surface area contributed by atoms with E-state index in [1.54, 1.807) is 6.92 Å². The number of hydrazone groups is 1. The number of hydrogen-bond acceptors (Lipinski definition) is 6. The van der Waals surface area contributed by atoms with E-state index in [4.69, 9.17) is 9.47 Å². The quantitative estimate of drug-likeness (QED) is 0.306. The molecular formula is C24H23N3O5. The fraction of sp³-hybridized carbons (Fsp3) is 0.167. The molecular weight excluding hydrogens is 410 g/mol. The van der Waals surface area contributed by atoms with Gasteiger partial charge in [-0.2, -0.15) is 5.10 Å². The first-order valence-corrected chi connectivity index (χ1v) is 9.93. The Bertz CT molecular complexity index is 1080. The zero-order valence-corrected chi connectivity index (χ0v) is 17.7. The maximum absolute atomic E-state index is 12.1. The summed E-state index contributed by atoms with van der Waals surface area (Å²) >= 11 is 0. The van der Waals surface area contributed by atoms with Crippen LogP contribution in [0, 0.1) is 17.0 Å². The van der Waals surface area contributed by atoms with Crippen LogP contribution in [0.2, 0.25) is 0 Å². The van der Waals surface area contributed by atoms with E-state index in [9.17, 15) is 14.9 Å². The lowest BCUT2D eigenvalue weighted by atomic mass is 10.2. The van der Waals surface area contributed by atoms with Crippen molar-refractivity contribution in [3.63, 3.8) is 0 Å². The number of non-ortho nitro benzene ring substituents is 1. The monoisotopic (exact) mass is 433 g/mol. The number of ether oxygens (including phenoxy) is 2. The van der Waals surface area contributed by atoms with Gasteiger partial charge in [-0.1, -0.05) is 29.8 Å². The molecule has 3 rings (SSSR count). The predicted octanol–water partition coefficient (Wildman–Crippen LogP) is 4.40. The van der Waals surface area contributed by atoms with Gasteiger partial charge in [0.25, 0.3) is 11.6 Å². The predicted molar refractivity (Wildman–Crippen MR) is 121 cm³/mol. The fourth-order valence-corrected chi connectivity index (χ4v) is 2.67. The highest BCUT2D eigenvalue weighted by Gasteiger charge is 2.14. The molecule has 164 valence electrons. The van der Waals surface area contributed by atoms with Crippen LogP contribution in [0.5, 0.6) is 11.5 Å². The number of rotatable bonds is 9. The van der Waals surface area contributed by atoms with Crippen molar-refractivity contribution >= 4 is 17.8 Å². The molecule has 0 aliphatic carbocycles. The second kappa shape index (κ2) is 10.7. The van der Waals surface area contributed by atoms with E-state index in [2.05, 4.69) is 10.5 Å². The van der Waals surface area contributed by atoms with Crippen molar-refractivity contribution in [3.05, 3.63) is 99.6 Å². The topological polar surface area (TPSA) is 103 Å². The van der Waals surface area contributed by atoms with E-state index in [0.717, 1.165) is 16.9 Å². The van der Waals surface area contributed by atoms with Gasteiger partial charge < -0.3 is 9.47 Å². The van der Waals surface area contributed by atoms with Crippen molar-refractivity contribution in [2.75, 3.05) is 0 Å². The van der Waals surface area contributed by atoms with Gasteiger partial charge in [-0.05, 0) is 61.4 Å². The highest BCUT2D eigenvalue weighted by atomic mass is 16.6. The molecule has 0 fully saturated rings. The Morgan fingerprint density at radius 3 is 2.28 bits per heavy atom. The first-order chi connectivity index (χ1) is 15.4. The average Bonchev–Trinajstić information content (AvgIpc) is 2.80. The van der Waals surface area contributed by atoms with Crippen molar-refractivity contribution < 1.29 is 19.2 Å². The highest BCUT2D eigenvalue weighted by Crippen LogP contribution is 2.18. The molecule has 0 saturated heterocycles. The van der Waals surface area contributed by atoms with Gasteiger partial charge in [0.15, 0.2) is 6.10 Å². The van der Waals surface area contributed by atoms with Crippen LogP contribution in [0.25, 0.3) is 0 Å². The van der Waals surface area contributed by atoms with E-state index >= 15 is 0 Å². The molecule has 0 heterocycles. The van der Waals surface area contributed by atoms with Crippen molar-refractivity contribution in [2.45, 2.75) is 26.6 Å². The lowest BCUT2D eigenvalue weighted by Crippen LogP contribution is -2.33. The Kier molecular flexibility index (Phi) is 7.53. The third-order valence-corrected chi connectivity index (χ3v) is 4.52. The second-order valence-electron chi connectivity index (χ2n) is 7.09. The molecule has 1 unspecified atom stereocenters. The van der Waals surface area contributed by atoms with Gasteiger partial charge in [0.1, 0.15) is 18.1 Å². The van der Waals surface area contributed by atoms with Crippen LogP contribution in [0.15, 0.2) is 77.9 Å². The summed E-state index contributed by atoms with van der Waals surface area (Å²) in [5.74, 6) is 0.637. The molecule has 8 nitrogen and oxygen atoms in total. The largest absolute Gasteiger partial charge is 0.489 e. The number of nitro benzene ring substituents is 1. The number of nitrogens with zero attached hydrogens (tertiary/aromatic N) is 2. The summed E-state index contributed by atoms with van der Waals surface area (Å²) in [5, 5.41) is 14.6. The number of aryl methyl sites for hydroxylation is 1. The SMILES string of the molecule is Cc1ccc(COc2ccc(/C=N/NC(=O)C(C)Oc3ccc([N+](=O)[O-])cc3)cc2)cc1. The molecule has 0 aliphatic rings. The van der Waals surface area contributed by atoms with Gasteiger partial charge in [0, 0.05) is 12.1 Å². The van der Waals surface area contributed by atoms with E-state index in [0.29, 0.717) is 12.4 Å². The van der Waals surface area contributed by atoms with Gasteiger partial charge in [-0.15, -0.1) is 0 Å². The zero-order valence-electron chi connectivity index (χ0n) is 17.7. The molecule has 3 aromatic rings. The second-order valence-corrected chi connectivity index (χ2v) is 7.09. The van der Waals surface area contributed by atoms with Crippen LogP contribution < -0.4 is 14.9 Å². The van der Waals surface area contributed by atoms with Crippen LogP contribution in [-0.2, 0) is 11.4 Å². The molecule has 0 radical (unpaired) electrons. The van der Waals surface area contributed by atoms with E-state index < -0.39 is 16.9 Å². The average molecular weight is 433 g/mol. The number of benzene rings is 3.